The number of amides is 2. The molecule has 1 saturated carbocycles. The summed E-state index contributed by atoms with van der Waals surface area (Å²) in [6.45, 7) is 1.91. The smallest absolute Gasteiger partial charge is 0.317 e. The molecule has 0 bridgehead atoms. The molecule has 2 fully saturated rings. The highest BCUT2D eigenvalue weighted by molar-refractivity contribution is 5.75. The second-order valence-corrected chi connectivity index (χ2v) is 7.30. The number of carbonyl (C=O) groups is 1. The molecule has 2 unspecified atom stereocenters. The summed E-state index contributed by atoms with van der Waals surface area (Å²) in [5.41, 5.74) is 2.51. The zero-order valence-corrected chi connectivity index (χ0v) is 13.2. The molecule has 2 aliphatic carbocycles. The van der Waals surface area contributed by atoms with Crippen molar-refractivity contribution >= 4 is 6.03 Å². The van der Waals surface area contributed by atoms with Crippen molar-refractivity contribution in [2.75, 3.05) is 13.1 Å². The number of aryl methyl sites for hydroxylation is 1. The van der Waals surface area contributed by atoms with Gasteiger partial charge in [-0.05, 0) is 36.7 Å². The van der Waals surface area contributed by atoms with Crippen molar-refractivity contribution in [2.45, 2.75) is 57.4 Å². The van der Waals surface area contributed by atoms with Crippen LogP contribution in [0, 0.1) is 11.8 Å². The van der Waals surface area contributed by atoms with Crippen molar-refractivity contribution < 1.29 is 4.79 Å². The fourth-order valence-electron chi connectivity index (χ4n) is 4.58. The van der Waals surface area contributed by atoms with E-state index in [1.54, 1.807) is 0 Å². The molecule has 3 aliphatic rings. The summed E-state index contributed by atoms with van der Waals surface area (Å²) in [5, 5.41) is 10.4. The SMILES string of the molecule is O=C(NC1CCc2cn[nH]c2C1)N1CCC(C2CCCC2)C1. The maximum atomic E-state index is 12.5. The van der Waals surface area contributed by atoms with E-state index in [2.05, 4.69) is 15.5 Å². The number of likely N-dealkylation sites (tertiary alicyclic amines) is 1. The third-order valence-corrected chi connectivity index (χ3v) is 5.93. The van der Waals surface area contributed by atoms with E-state index in [0.717, 1.165) is 44.2 Å². The quantitative estimate of drug-likeness (QED) is 0.881. The first-order valence-corrected chi connectivity index (χ1v) is 8.86. The molecule has 1 aromatic rings. The van der Waals surface area contributed by atoms with Gasteiger partial charge >= 0.3 is 6.03 Å². The normalized spacial score (nSPS) is 28.8. The van der Waals surface area contributed by atoms with Crippen molar-refractivity contribution in [3.05, 3.63) is 17.5 Å². The average molecular weight is 302 g/mol. The van der Waals surface area contributed by atoms with Crippen molar-refractivity contribution in [3.8, 4) is 0 Å². The Hall–Kier alpha value is -1.52. The Kier molecular flexibility index (Phi) is 3.80. The fourth-order valence-corrected chi connectivity index (χ4v) is 4.58. The maximum Gasteiger partial charge on any atom is 0.317 e. The highest BCUT2D eigenvalue weighted by atomic mass is 16.2. The van der Waals surface area contributed by atoms with Crippen LogP contribution in [0.15, 0.2) is 6.20 Å². The summed E-state index contributed by atoms with van der Waals surface area (Å²) in [5.74, 6) is 1.62. The number of urea groups is 1. The molecule has 2 heterocycles. The number of fused-ring (bicyclic) bond motifs is 1. The number of hydrogen-bond donors (Lipinski definition) is 2. The Balaban J connectivity index is 1.30. The van der Waals surface area contributed by atoms with Crippen LogP contribution in [0.4, 0.5) is 4.79 Å². The molecule has 0 spiro atoms. The van der Waals surface area contributed by atoms with Gasteiger partial charge in [0.2, 0.25) is 0 Å². The van der Waals surface area contributed by atoms with E-state index in [1.807, 2.05) is 11.1 Å². The van der Waals surface area contributed by atoms with Crippen LogP contribution in [-0.2, 0) is 12.8 Å². The first-order chi connectivity index (χ1) is 10.8. The van der Waals surface area contributed by atoms with Gasteiger partial charge in [0, 0.05) is 31.2 Å². The lowest BCUT2D eigenvalue weighted by molar-refractivity contribution is 0.199. The minimum atomic E-state index is 0.147. The third kappa shape index (κ3) is 2.73. The number of nitrogens with zero attached hydrogens (tertiary/aromatic N) is 2. The fraction of sp³-hybridized carbons (Fsp3) is 0.765. The van der Waals surface area contributed by atoms with Gasteiger partial charge in [-0.3, -0.25) is 5.10 Å². The largest absolute Gasteiger partial charge is 0.335 e. The average Bonchev–Trinajstić information content (AvgIpc) is 3.26. The number of nitrogens with one attached hydrogen (secondary N) is 2. The minimum absolute atomic E-state index is 0.147. The first-order valence-electron chi connectivity index (χ1n) is 8.86. The number of rotatable bonds is 2. The Morgan fingerprint density at radius 3 is 2.95 bits per heavy atom. The number of aromatic amines is 1. The van der Waals surface area contributed by atoms with Crippen LogP contribution in [0.1, 0.15) is 49.8 Å². The molecule has 1 aromatic heterocycles. The van der Waals surface area contributed by atoms with Crippen molar-refractivity contribution in [1.29, 1.82) is 0 Å². The van der Waals surface area contributed by atoms with E-state index in [4.69, 9.17) is 0 Å². The van der Waals surface area contributed by atoms with Crippen LogP contribution in [0.5, 0.6) is 0 Å². The number of aromatic nitrogens is 2. The molecule has 120 valence electrons. The summed E-state index contributed by atoms with van der Waals surface area (Å²) in [7, 11) is 0. The molecule has 5 heteroatoms. The van der Waals surface area contributed by atoms with Gasteiger partial charge in [0.1, 0.15) is 0 Å². The lowest BCUT2D eigenvalue weighted by Crippen LogP contribution is -2.46. The van der Waals surface area contributed by atoms with Gasteiger partial charge in [-0.1, -0.05) is 25.7 Å². The second kappa shape index (κ2) is 5.94. The molecular weight excluding hydrogens is 276 g/mol. The molecule has 1 saturated heterocycles. The predicted molar refractivity (Wildman–Crippen MR) is 84.6 cm³/mol. The standard InChI is InChI=1S/C17H26N4O/c22-17(19-15-6-5-13-10-18-20-16(13)9-15)21-8-7-14(11-21)12-3-1-2-4-12/h10,12,14-15H,1-9,11H2,(H,18,20)(H,19,22). The summed E-state index contributed by atoms with van der Waals surface area (Å²) in [6.07, 6.45) is 11.6. The van der Waals surface area contributed by atoms with Crippen LogP contribution < -0.4 is 5.32 Å². The molecule has 22 heavy (non-hydrogen) atoms. The van der Waals surface area contributed by atoms with Crippen LogP contribution in [0.25, 0.3) is 0 Å². The molecule has 0 aromatic carbocycles. The lowest BCUT2D eigenvalue weighted by atomic mass is 9.90. The molecule has 2 atom stereocenters. The van der Waals surface area contributed by atoms with Crippen LogP contribution >= 0.6 is 0 Å². The van der Waals surface area contributed by atoms with Crippen LogP contribution in [-0.4, -0.2) is 40.3 Å². The van der Waals surface area contributed by atoms with Crippen LogP contribution in [0.3, 0.4) is 0 Å². The molecular formula is C17H26N4O. The molecule has 5 nitrogen and oxygen atoms in total. The van der Waals surface area contributed by atoms with Gasteiger partial charge in [-0.2, -0.15) is 5.10 Å². The van der Waals surface area contributed by atoms with E-state index in [-0.39, 0.29) is 12.1 Å². The Morgan fingerprint density at radius 2 is 2.09 bits per heavy atom. The summed E-state index contributed by atoms with van der Waals surface area (Å²) in [4.78, 5) is 14.6. The summed E-state index contributed by atoms with van der Waals surface area (Å²) in [6, 6.07) is 0.402. The highest BCUT2D eigenvalue weighted by Crippen LogP contribution is 2.36. The third-order valence-electron chi connectivity index (χ3n) is 5.93. The van der Waals surface area contributed by atoms with Gasteiger partial charge < -0.3 is 10.2 Å². The molecule has 2 N–H and O–H groups in total. The monoisotopic (exact) mass is 302 g/mol. The van der Waals surface area contributed by atoms with Gasteiger partial charge in [0.05, 0.1) is 6.20 Å². The first kappa shape index (κ1) is 14.1. The summed E-state index contributed by atoms with van der Waals surface area (Å²) < 4.78 is 0. The number of H-pyrrole nitrogens is 1. The topological polar surface area (TPSA) is 61.0 Å². The van der Waals surface area contributed by atoms with Gasteiger partial charge in [-0.25, -0.2) is 4.79 Å². The molecule has 1 aliphatic heterocycles. The van der Waals surface area contributed by atoms with Gasteiger partial charge in [0.25, 0.3) is 0 Å². The summed E-state index contributed by atoms with van der Waals surface area (Å²) >= 11 is 0. The lowest BCUT2D eigenvalue weighted by Gasteiger charge is -2.26. The van der Waals surface area contributed by atoms with Crippen molar-refractivity contribution in [2.24, 2.45) is 11.8 Å². The predicted octanol–water partition coefficient (Wildman–Crippen LogP) is 2.49. The molecule has 0 radical (unpaired) electrons. The van der Waals surface area contributed by atoms with E-state index in [1.165, 1.54) is 43.4 Å². The van der Waals surface area contributed by atoms with Crippen molar-refractivity contribution in [1.82, 2.24) is 20.4 Å². The van der Waals surface area contributed by atoms with E-state index in [9.17, 15) is 4.79 Å². The Bertz CT molecular complexity index is 535. The van der Waals surface area contributed by atoms with Crippen molar-refractivity contribution in [3.63, 3.8) is 0 Å². The van der Waals surface area contributed by atoms with E-state index < -0.39 is 0 Å². The zero-order valence-electron chi connectivity index (χ0n) is 13.2. The zero-order chi connectivity index (χ0) is 14.9. The van der Waals surface area contributed by atoms with Gasteiger partial charge in [-0.15, -0.1) is 0 Å². The van der Waals surface area contributed by atoms with E-state index in [0.29, 0.717) is 0 Å². The second-order valence-electron chi connectivity index (χ2n) is 7.30. The Morgan fingerprint density at radius 1 is 1.23 bits per heavy atom. The van der Waals surface area contributed by atoms with Crippen LogP contribution in [0.2, 0.25) is 0 Å². The molecule has 2 amide bonds. The van der Waals surface area contributed by atoms with Gasteiger partial charge in [0.15, 0.2) is 0 Å². The molecule has 4 rings (SSSR count). The highest BCUT2D eigenvalue weighted by Gasteiger charge is 2.34. The van der Waals surface area contributed by atoms with E-state index >= 15 is 0 Å². The minimum Gasteiger partial charge on any atom is -0.335 e. The maximum absolute atomic E-state index is 12.5. The Labute approximate surface area is 131 Å². The number of hydrogen-bond acceptors (Lipinski definition) is 2. The number of carbonyl (C=O) groups excluding carboxylic acids is 1.